The van der Waals surface area contributed by atoms with Gasteiger partial charge in [-0.1, -0.05) is 26.2 Å². The van der Waals surface area contributed by atoms with Crippen molar-refractivity contribution in [1.82, 2.24) is 4.57 Å². The lowest BCUT2D eigenvalue weighted by molar-refractivity contribution is 0.0679. The third-order valence-electron chi connectivity index (χ3n) is 3.70. The molecule has 2 rings (SSSR count). The number of carboxylic acid groups (broad SMARTS) is 1. The lowest BCUT2D eigenvalue weighted by Crippen LogP contribution is -2.27. The molecule has 0 aromatic carbocycles. The van der Waals surface area contributed by atoms with Crippen LogP contribution in [0.25, 0.3) is 0 Å². The molecule has 1 aliphatic rings. The summed E-state index contributed by atoms with van der Waals surface area (Å²) in [5.74, 6) is -0.852. The maximum absolute atomic E-state index is 11.1. The molecule has 0 radical (unpaired) electrons. The van der Waals surface area contributed by atoms with Crippen molar-refractivity contribution in [2.24, 2.45) is 5.41 Å². The van der Waals surface area contributed by atoms with Gasteiger partial charge in [-0.3, -0.25) is 0 Å². The van der Waals surface area contributed by atoms with Crippen LogP contribution in [0.3, 0.4) is 0 Å². The molecule has 1 heterocycles. The Hall–Kier alpha value is -0.770. The zero-order valence-corrected chi connectivity index (χ0v) is 11.7. The minimum absolute atomic E-state index is 0.251. The van der Waals surface area contributed by atoms with Crippen LogP contribution in [-0.2, 0) is 6.54 Å². The van der Waals surface area contributed by atoms with Gasteiger partial charge in [0.2, 0.25) is 0 Å². The van der Waals surface area contributed by atoms with Crippen molar-refractivity contribution >= 4 is 21.9 Å². The van der Waals surface area contributed by atoms with Gasteiger partial charge in [0.15, 0.2) is 0 Å². The van der Waals surface area contributed by atoms with Crippen molar-refractivity contribution in [3.05, 3.63) is 22.4 Å². The van der Waals surface area contributed by atoms with Gasteiger partial charge >= 0.3 is 5.97 Å². The van der Waals surface area contributed by atoms with Crippen LogP contribution in [-0.4, -0.2) is 15.6 Å². The van der Waals surface area contributed by atoms with E-state index in [-0.39, 0.29) is 5.41 Å². The van der Waals surface area contributed by atoms with E-state index < -0.39 is 5.97 Å². The Kier molecular flexibility index (Phi) is 3.61. The number of hydrogen-bond donors (Lipinski definition) is 1. The molecule has 0 bridgehead atoms. The predicted octanol–water partition coefficient (Wildman–Crippen LogP) is 3.92. The molecule has 0 saturated heterocycles. The van der Waals surface area contributed by atoms with Crippen molar-refractivity contribution in [2.45, 2.75) is 45.6 Å². The van der Waals surface area contributed by atoms with Crippen LogP contribution < -0.4 is 0 Å². The molecule has 1 saturated carbocycles. The minimum atomic E-state index is -0.852. The van der Waals surface area contributed by atoms with E-state index in [1.54, 1.807) is 6.07 Å². The monoisotopic (exact) mass is 299 g/mol. The Labute approximate surface area is 110 Å². The van der Waals surface area contributed by atoms with Gasteiger partial charge in [0.05, 0.1) is 0 Å². The topological polar surface area (TPSA) is 42.2 Å². The standard InChI is InChI=1S/C13H18BrNO2/c1-13(5-3-2-4-6-13)9-15-8-10(14)7-11(15)12(16)17/h7-8H,2-6,9H2,1H3,(H,16,17). The fraction of sp³-hybridized carbons (Fsp3) is 0.615. The second-order valence-corrected chi connectivity index (χ2v) is 6.26. The quantitative estimate of drug-likeness (QED) is 0.919. The second-order valence-electron chi connectivity index (χ2n) is 5.35. The van der Waals surface area contributed by atoms with Crippen LogP contribution in [0.4, 0.5) is 0 Å². The minimum Gasteiger partial charge on any atom is -0.477 e. The van der Waals surface area contributed by atoms with Crippen LogP contribution in [0.1, 0.15) is 49.5 Å². The van der Waals surface area contributed by atoms with E-state index in [1.165, 1.54) is 32.1 Å². The lowest BCUT2D eigenvalue weighted by Gasteiger charge is -2.34. The molecule has 94 valence electrons. The first-order chi connectivity index (χ1) is 8.00. The molecule has 1 aromatic heterocycles. The number of aromatic carboxylic acids is 1. The smallest absolute Gasteiger partial charge is 0.352 e. The number of rotatable bonds is 3. The largest absolute Gasteiger partial charge is 0.477 e. The van der Waals surface area contributed by atoms with E-state index in [0.717, 1.165) is 11.0 Å². The van der Waals surface area contributed by atoms with Gasteiger partial charge in [-0.15, -0.1) is 0 Å². The molecule has 0 spiro atoms. The fourth-order valence-electron chi connectivity index (χ4n) is 2.76. The number of halogens is 1. The summed E-state index contributed by atoms with van der Waals surface area (Å²) in [5.41, 5.74) is 0.629. The summed E-state index contributed by atoms with van der Waals surface area (Å²) in [7, 11) is 0. The van der Waals surface area contributed by atoms with Gasteiger partial charge in [0, 0.05) is 17.2 Å². The molecule has 3 nitrogen and oxygen atoms in total. The number of carboxylic acids is 1. The summed E-state index contributed by atoms with van der Waals surface area (Å²) in [6.45, 7) is 3.08. The van der Waals surface area contributed by atoms with E-state index in [1.807, 2.05) is 10.8 Å². The number of hydrogen-bond acceptors (Lipinski definition) is 1. The molecular formula is C13H18BrNO2. The molecule has 0 unspecified atom stereocenters. The third-order valence-corrected chi connectivity index (χ3v) is 4.13. The third kappa shape index (κ3) is 2.92. The summed E-state index contributed by atoms with van der Waals surface area (Å²) >= 11 is 3.35. The fourth-order valence-corrected chi connectivity index (χ4v) is 3.22. The Bertz CT molecular complexity index is 419. The predicted molar refractivity (Wildman–Crippen MR) is 70.3 cm³/mol. The van der Waals surface area contributed by atoms with Crippen molar-refractivity contribution < 1.29 is 9.90 Å². The normalized spacial score (nSPS) is 19.2. The maximum atomic E-state index is 11.1. The maximum Gasteiger partial charge on any atom is 0.352 e. The van der Waals surface area contributed by atoms with Crippen LogP contribution in [0.2, 0.25) is 0 Å². The van der Waals surface area contributed by atoms with E-state index in [2.05, 4.69) is 22.9 Å². The molecule has 1 N–H and O–H groups in total. The molecule has 0 amide bonds. The first kappa shape index (κ1) is 12.7. The molecule has 4 heteroatoms. The van der Waals surface area contributed by atoms with Crippen molar-refractivity contribution in [3.8, 4) is 0 Å². The summed E-state index contributed by atoms with van der Waals surface area (Å²) in [6, 6.07) is 1.68. The summed E-state index contributed by atoms with van der Waals surface area (Å²) in [6.07, 6.45) is 8.12. The molecule has 1 aromatic rings. The van der Waals surface area contributed by atoms with Crippen LogP contribution in [0.5, 0.6) is 0 Å². The Morgan fingerprint density at radius 2 is 2.12 bits per heavy atom. The average molecular weight is 300 g/mol. The van der Waals surface area contributed by atoms with Gasteiger partial charge in [0.25, 0.3) is 0 Å². The highest BCUT2D eigenvalue weighted by Crippen LogP contribution is 2.37. The van der Waals surface area contributed by atoms with E-state index in [0.29, 0.717) is 5.69 Å². The van der Waals surface area contributed by atoms with Crippen LogP contribution >= 0.6 is 15.9 Å². The molecule has 1 fully saturated rings. The highest BCUT2D eigenvalue weighted by Gasteiger charge is 2.28. The highest BCUT2D eigenvalue weighted by molar-refractivity contribution is 9.10. The van der Waals surface area contributed by atoms with E-state index in [9.17, 15) is 4.79 Å². The second kappa shape index (κ2) is 4.84. The highest BCUT2D eigenvalue weighted by atomic mass is 79.9. The Morgan fingerprint density at radius 1 is 1.47 bits per heavy atom. The first-order valence-corrected chi connectivity index (χ1v) is 6.88. The molecule has 0 aliphatic heterocycles. The van der Waals surface area contributed by atoms with Gasteiger partial charge in [-0.05, 0) is 40.3 Å². The van der Waals surface area contributed by atoms with Crippen molar-refractivity contribution in [3.63, 3.8) is 0 Å². The number of nitrogens with zero attached hydrogens (tertiary/aromatic N) is 1. The summed E-state index contributed by atoms with van der Waals surface area (Å²) < 4.78 is 2.71. The lowest BCUT2D eigenvalue weighted by atomic mass is 9.75. The molecule has 0 atom stereocenters. The van der Waals surface area contributed by atoms with Gasteiger partial charge in [0.1, 0.15) is 5.69 Å². The number of carbonyl (C=O) groups is 1. The van der Waals surface area contributed by atoms with E-state index >= 15 is 0 Å². The molecule has 17 heavy (non-hydrogen) atoms. The molecular weight excluding hydrogens is 282 g/mol. The van der Waals surface area contributed by atoms with Gasteiger partial charge in [-0.25, -0.2) is 4.79 Å². The Balaban J connectivity index is 2.19. The summed E-state index contributed by atoms with van der Waals surface area (Å²) in [5, 5.41) is 9.15. The van der Waals surface area contributed by atoms with Crippen LogP contribution in [0.15, 0.2) is 16.7 Å². The van der Waals surface area contributed by atoms with E-state index in [4.69, 9.17) is 5.11 Å². The van der Waals surface area contributed by atoms with Crippen molar-refractivity contribution in [2.75, 3.05) is 0 Å². The molecule has 1 aliphatic carbocycles. The van der Waals surface area contributed by atoms with Crippen molar-refractivity contribution in [1.29, 1.82) is 0 Å². The zero-order valence-electron chi connectivity index (χ0n) is 10.1. The zero-order chi connectivity index (χ0) is 12.5. The summed E-state index contributed by atoms with van der Waals surface area (Å²) in [4.78, 5) is 11.1. The van der Waals surface area contributed by atoms with Crippen LogP contribution in [0, 0.1) is 5.41 Å². The average Bonchev–Trinajstić information content (AvgIpc) is 2.59. The van der Waals surface area contributed by atoms with Gasteiger partial charge < -0.3 is 9.67 Å². The Morgan fingerprint density at radius 3 is 2.71 bits per heavy atom. The first-order valence-electron chi connectivity index (χ1n) is 6.09. The number of aromatic nitrogens is 1. The van der Waals surface area contributed by atoms with Gasteiger partial charge in [-0.2, -0.15) is 0 Å². The SMILES string of the molecule is CC1(Cn2cc(Br)cc2C(=O)O)CCCCC1.